The molecule has 0 bridgehead atoms. The zero-order chi connectivity index (χ0) is 34.0. The molecule has 4 amide bonds. The summed E-state index contributed by atoms with van der Waals surface area (Å²) in [5.74, 6) is -4.49. The van der Waals surface area contributed by atoms with Gasteiger partial charge in [0.2, 0.25) is 23.6 Å². The van der Waals surface area contributed by atoms with Crippen molar-refractivity contribution in [2.24, 2.45) is 23.7 Å². The van der Waals surface area contributed by atoms with Gasteiger partial charge in [-0.15, -0.1) is 0 Å². The topological polar surface area (TPSA) is 104 Å². The first-order valence-electron chi connectivity index (χ1n) is 16.4. The van der Waals surface area contributed by atoms with Crippen LogP contribution < -0.4 is 9.64 Å². The largest absolute Gasteiger partial charge is 0.508 e. The minimum absolute atomic E-state index is 0.0966. The number of ether oxygens (including phenoxy) is 1. The molecular weight excluding hydrogens is 640 g/mol. The van der Waals surface area contributed by atoms with Gasteiger partial charge in [0.05, 0.1) is 28.9 Å². The Bertz CT molecular complexity index is 2050. The second kappa shape index (κ2) is 11.7. The van der Waals surface area contributed by atoms with E-state index in [1.54, 1.807) is 36.4 Å². The fraction of sp³-hybridized carbons (Fsp3) is 0.250. The van der Waals surface area contributed by atoms with Crippen molar-refractivity contribution in [2.75, 3.05) is 11.9 Å². The highest BCUT2D eigenvalue weighted by Gasteiger charge is 2.70. The Labute approximate surface area is 288 Å². The van der Waals surface area contributed by atoms with Crippen LogP contribution in [0, 0.1) is 23.7 Å². The number of hydrogen-bond donors (Lipinski definition) is 1. The highest BCUT2D eigenvalue weighted by Crippen LogP contribution is 2.65. The van der Waals surface area contributed by atoms with Crippen molar-refractivity contribution < 1.29 is 29.0 Å². The fourth-order valence-corrected chi connectivity index (χ4v) is 9.03. The first-order chi connectivity index (χ1) is 23.7. The number of amides is 4. The first-order valence-corrected chi connectivity index (χ1v) is 16.8. The number of anilines is 1. The number of benzene rings is 4. The number of phenols is 1. The second-order valence-corrected chi connectivity index (χ2v) is 13.8. The van der Waals surface area contributed by atoms with Crippen LogP contribution in [0.2, 0.25) is 5.02 Å². The monoisotopic (exact) mass is 672 g/mol. The van der Waals surface area contributed by atoms with Gasteiger partial charge in [-0.1, -0.05) is 96.0 Å². The summed E-state index contributed by atoms with van der Waals surface area (Å²) >= 11 is 6.37. The number of allylic oxidation sites excluding steroid dienone is 2. The zero-order valence-electron chi connectivity index (χ0n) is 26.7. The maximum absolute atomic E-state index is 15.3. The molecule has 9 heteroatoms. The van der Waals surface area contributed by atoms with E-state index in [1.807, 2.05) is 66.7 Å². The van der Waals surface area contributed by atoms with E-state index in [0.717, 1.165) is 11.1 Å². The number of imide groups is 2. The summed E-state index contributed by atoms with van der Waals surface area (Å²) in [4.78, 5) is 59.3. The van der Waals surface area contributed by atoms with Crippen LogP contribution in [0.5, 0.6) is 11.5 Å². The molecule has 4 aromatic rings. The summed E-state index contributed by atoms with van der Waals surface area (Å²) in [7, 11) is 1.50. The van der Waals surface area contributed by atoms with E-state index in [2.05, 4.69) is 0 Å². The van der Waals surface area contributed by atoms with Gasteiger partial charge < -0.3 is 9.84 Å². The van der Waals surface area contributed by atoms with E-state index in [0.29, 0.717) is 40.6 Å². The molecule has 0 spiro atoms. The number of rotatable bonds is 6. The Hall–Kier alpha value is -5.21. The molecular formula is C40H33ClN2O6. The minimum atomic E-state index is -1.47. The Balaban J connectivity index is 1.33. The van der Waals surface area contributed by atoms with Crippen LogP contribution in [0.4, 0.5) is 5.69 Å². The number of hydrogen-bond acceptors (Lipinski definition) is 6. The lowest BCUT2D eigenvalue weighted by molar-refractivity contribution is -0.138. The van der Waals surface area contributed by atoms with Gasteiger partial charge in [0, 0.05) is 29.6 Å². The molecule has 246 valence electrons. The third kappa shape index (κ3) is 4.65. The minimum Gasteiger partial charge on any atom is -0.508 e. The second-order valence-electron chi connectivity index (χ2n) is 13.3. The standard InChI is InChI=1S/C40H33ClN2O6/c1-42-36(45)30-18-17-28-31(34(30)38(42)47)21-32-37(46)43(26-14-8-13-25(41)19-26)39(48)40(32,24-11-6-3-7-12-24)35(28)29-16-15-27(20-33(29)44)49-22-23-9-4-2-5-10-23/h2-17,19-20,30-32,34-35,44H,18,21-22H2,1H3/t30-,31+,32-,34-,35+,40+/m0/s1. The molecule has 8 nitrogen and oxygen atoms in total. The summed E-state index contributed by atoms with van der Waals surface area (Å²) in [6.07, 6.45) is 2.48. The quantitative estimate of drug-likeness (QED) is 0.187. The van der Waals surface area contributed by atoms with Crippen molar-refractivity contribution in [3.05, 3.63) is 136 Å². The van der Waals surface area contributed by atoms with Gasteiger partial charge in [-0.25, -0.2) is 4.90 Å². The first kappa shape index (κ1) is 31.1. The predicted octanol–water partition coefficient (Wildman–Crippen LogP) is 6.42. The molecule has 8 rings (SSSR count). The summed E-state index contributed by atoms with van der Waals surface area (Å²) in [5, 5.41) is 12.2. The zero-order valence-corrected chi connectivity index (χ0v) is 27.4. The number of phenolic OH excluding ortho intramolecular Hbond substituents is 1. The smallest absolute Gasteiger partial charge is 0.246 e. The maximum Gasteiger partial charge on any atom is 0.246 e. The SMILES string of the molecule is CN1C(=O)[C@H]2[C@H](CC=C3[C@H]2C[C@H]2C(=O)N(c4cccc(Cl)c4)C(=O)[C@@]2(c2ccccc2)[C@H]3c2ccc(OCc3ccccc3)cc2O)C1=O. The predicted molar refractivity (Wildman–Crippen MR) is 183 cm³/mol. The van der Waals surface area contributed by atoms with Gasteiger partial charge in [-0.3, -0.25) is 24.1 Å². The average molecular weight is 673 g/mol. The number of aromatic hydroxyl groups is 1. The number of nitrogens with zero attached hydrogens (tertiary/aromatic N) is 2. The molecule has 3 fully saturated rings. The summed E-state index contributed by atoms with van der Waals surface area (Å²) in [5.41, 5.74) is 1.68. The summed E-state index contributed by atoms with van der Waals surface area (Å²) in [6, 6.07) is 30.6. The van der Waals surface area contributed by atoms with Gasteiger partial charge in [0.25, 0.3) is 0 Å². The molecule has 0 unspecified atom stereocenters. The van der Waals surface area contributed by atoms with Crippen LogP contribution in [-0.2, 0) is 31.2 Å². The molecule has 2 saturated heterocycles. The molecule has 4 aliphatic rings. The van der Waals surface area contributed by atoms with Crippen molar-refractivity contribution in [1.82, 2.24) is 4.90 Å². The van der Waals surface area contributed by atoms with Crippen molar-refractivity contribution in [2.45, 2.75) is 30.8 Å². The third-order valence-corrected chi connectivity index (χ3v) is 11.2. The lowest BCUT2D eigenvalue weighted by atomic mass is 9.49. The van der Waals surface area contributed by atoms with Crippen LogP contribution in [0.15, 0.2) is 115 Å². The molecule has 1 saturated carbocycles. The Kier molecular flexibility index (Phi) is 7.45. The third-order valence-electron chi connectivity index (χ3n) is 10.9. The number of carbonyl (C=O) groups excluding carboxylic acids is 4. The van der Waals surface area contributed by atoms with Gasteiger partial charge in [0.1, 0.15) is 18.1 Å². The van der Waals surface area contributed by atoms with Crippen LogP contribution in [0.3, 0.4) is 0 Å². The van der Waals surface area contributed by atoms with E-state index in [-0.39, 0.29) is 24.0 Å². The van der Waals surface area contributed by atoms with Gasteiger partial charge >= 0.3 is 0 Å². The van der Waals surface area contributed by atoms with E-state index in [4.69, 9.17) is 16.3 Å². The fourth-order valence-electron chi connectivity index (χ4n) is 8.84. The lowest BCUT2D eigenvalue weighted by Crippen LogP contribution is -2.53. The van der Waals surface area contributed by atoms with Gasteiger partial charge in [0.15, 0.2) is 0 Å². The highest BCUT2D eigenvalue weighted by molar-refractivity contribution is 6.32. The van der Waals surface area contributed by atoms with Crippen molar-refractivity contribution >= 4 is 40.9 Å². The average Bonchev–Trinajstić information content (AvgIpc) is 3.48. The van der Waals surface area contributed by atoms with Crippen molar-refractivity contribution in [3.8, 4) is 11.5 Å². The van der Waals surface area contributed by atoms with Crippen LogP contribution >= 0.6 is 11.6 Å². The van der Waals surface area contributed by atoms with Gasteiger partial charge in [-0.05, 0) is 54.2 Å². The molecule has 1 N–H and O–H groups in total. The molecule has 0 aromatic heterocycles. The van der Waals surface area contributed by atoms with Crippen molar-refractivity contribution in [1.29, 1.82) is 0 Å². The lowest BCUT2D eigenvalue weighted by Gasteiger charge is -2.50. The van der Waals surface area contributed by atoms with Crippen LogP contribution in [0.1, 0.15) is 35.4 Å². The van der Waals surface area contributed by atoms with E-state index >= 15 is 4.79 Å². The summed E-state index contributed by atoms with van der Waals surface area (Å²) in [6.45, 7) is 0.292. The molecule has 2 aliphatic heterocycles. The molecule has 6 atom stereocenters. The van der Waals surface area contributed by atoms with Gasteiger partial charge in [-0.2, -0.15) is 0 Å². The molecule has 0 radical (unpaired) electrons. The number of halogens is 1. The Morgan fingerprint density at radius 1 is 0.837 bits per heavy atom. The molecule has 2 aliphatic carbocycles. The Morgan fingerprint density at radius 3 is 2.29 bits per heavy atom. The molecule has 2 heterocycles. The number of fused-ring (bicyclic) bond motifs is 4. The summed E-state index contributed by atoms with van der Waals surface area (Å²) < 4.78 is 6.03. The highest BCUT2D eigenvalue weighted by atomic mass is 35.5. The van der Waals surface area contributed by atoms with Crippen LogP contribution in [-0.4, -0.2) is 40.7 Å². The van der Waals surface area contributed by atoms with Crippen molar-refractivity contribution in [3.63, 3.8) is 0 Å². The number of carbonyl (C=O) groups is 4. The van der Waals surface area contributed by atoms with E-state index in [1.165, 1.54) is 22.9 Å². The number of likely N-dealkylation sites (tertiary alicyclic amines) is 1. The van der Waals surface area contributed by atoms with Crippen LogP contribution in [0.25, 0.3) is 0 Å². The van der Waals surface area contributed by atoms with E-state index < -0.39 is 46.8 Å². The maximum atomic E-state index is 15.3. The Morgan fingerprint density at radius 2 is 1.57 bits per heavy atom. The molecule has 49 heavy (non-hydrogen) atoms. The van der Waals surface area contributed by atoms with E-state index in [9.17, 15) is 19.5 Å². The molecule has 4 aromatic carbocycles. The normalized spacial score (nSPS) is 27.5.